The van der Waals surface area contributed by atoms with Gasteiger partial charge in [0.2, 0.25) is 5.91 Å². The fourth-order valence-electron chi connectivity index (χ4n) is 3.85. The topological polar surface area (TPSA) is 73.2 Å². The minimum atomic E-state index is -0.133. The highest BCUT2D eigenvalue weighted by atomic mass is 32.2. The van der Waals surface area contributed by atoms with Crippen LogP contribution in [0, 0.1) is 20.8 Å². The van der Waals surface area contributed by atoms with E-state index in [0.29, 0.717) is 21.5 Å². The molecule has 0 unspecified atom stereocenters. The van der Waals surface area contributed by atoms with Gasteiger partial charge in [-0.1, -0.05) is 35.5 Å². The van der Waals surface area contributed by atoms with Crippen molar-refractivity contribution in [3.63, 3.8) is 0 Å². The molecule has 1 aliphatic rings. The number of methoxy groups -OCH3 is 1. The smallest absolute Gasteiger partial charge is 0.272 e. The molecule has 1 amide bonds. The van der Waals surface area contributed by atoms with Gasteiger partial charge >= 0.3 is 0 Å². The zero-order valence-electron chi connectivity index (χ0n) is 18.5. The van der Waals surface area contributed by atoms with E-state index in [-0.39, 0.29) is 17.2 Å². The summed E-state index contributed by atoms with van der Waals surface area (Å²) in [5, 5.41) is 3.53. The van der Waals surface area contributed by atoms with Gasteiger partial charge in [-0.05, 0) is 44.0 Å². The molecule has 0 bridgehead atoms. The Morgan fingerprint density at radius 1 is 1.22 bits per heavy atom. The molecular formula is C24H25N3O3S2. The molecule has 1 N–H and O–H groups in total. The van der Waals surface area contributed by atoms with Crippen molar-refractivity contribution < 1.29 is 9.53 Å². The van der Waals surface area contributed by atoms with E-state index < -0.39 is 0 Å². The molecule has 1 aromatic heterocycles. The molecule has 8 heteroatoms. The minimum absolute atomic E-state index is 0.0983. The maximum absolute atomic E-state index is 13.3. The summed E-state index contributed by atoms with van der Waals surface area (Å²) >= 11 is 2.80. The molecule has 2 heterocycles. The predicted octanol–water partition coefficient (Wildman–Crippen LogP) is 4.55. The maximum Gasteiger partial charge on any atom is 0.272 e. The van der Waals surface area contributed by atoms with Crippen LogP contribution in [0.3, 0.4) is 0 Å². The Hall–Kier alpha value is -2.71. The Labute approximate surface area is 195 Å². The number of aromatic nitrogens is 2. The molecular weight excluding hydrogens is 442 g/mol. The van der Waals surface area contributed by atoms with E-state index in [1.54, 1.807) is 17.7 Å². The predicted molar refractivity (Wildman–Crippen MR) is 131 cm³/mol. The number of rotatable bonds is 6. The number of benzene rings is 2. The summed E-state index contributed by atoms with van der Waals surface area (Å²) in [6.45, 7) is 6.02. The Morgan fingerprint density at radius 3 is 2.69 bits per heavy atom. The van der Waals surface area contributed by atoms with Gasteiger partial charge in [0.25, 0.3) is 5.56 Å². The molecule has 1 aliphatic heterocycles. The second kappa shape index (κ2) is 9.42. The lowest BCUT2D eigenvalue weighted by molar-refractivity contribution is -0.113. The third-order valence-electron chi connectivity index (χ3n) is 5.25. The van der Waals surface area contributed by atoms with Gasteiger partial charge in [-0.15, -0.1) is 11.8 Å². The normalized spacial score (nSPS) is 12.5. The summed E-state index contributed by atoms with van der Waals surface area (Å²) in [6, 6.07) is 11.4. The average Bonchev–Trinajstić information content (AvgIpc) is 3.24. The monoisotopic (exact) mass is 467 g/mol. The van der Waals surface area contributed by atoms with Crippen LogP contribution >= 0.6 is 23.5 Å². The minimum Gasteiger partial charge on any atom is -0.497 e. The third kappa shape index (κ3) is 4.56. The van der Waals surface area contributed by atoms with Gasteiger partial charge in [0.15, 0.2) is 5.16 Å². The molecule has 0 spiro atoms. The van der Waals surface area contributed by atoms with E-state index in [1.807, 2.05) is 39.0 Å². The van der Waals surface area contributed by atoms with E-state index in [4.69, 9.17) is 9.72 Å². The van der Waals surface area contributed by atoms with Crippen LogP contribution in [0.2, 0.25) is 0 Å². The van der Waals surface area contributed by atoms with Crippen LogP contribution in [0.25, 0.3) is 5.69 Å². The molecule has 3 aromatic rings. The molecule has 4 rings (SSSR count). The second-order valence-corrected chi connectivity index (χ2v) is 9.77. The second-order valence-electron chi connectivity index (χ2n) is 7.72. The maximum atomic E-state index is 13.3. The van der Waals surface area contributed by atoms with Gasteiger partial charge in [-0.3, -0.25) is 14.2 Å². The summed E-state index contributed by atoms with van der Waals surface area (Å²) in [7, 11) is 1.59. The van der Waals surface area contributed by atoms with Gasteiger partial charge in [-0.2, -0.15) is 0 Å². The zero-order valence-corrected chi connectivity index (χ0v) is 20.2. The van der Waals surface area contributed by atoms with Crippen molar-refractivity contribution in [2.24, 2.45) is 0 Å². The number of thioether (sulfide) groups is 2. The quantitative estimate of drug-likeness (QED) is 0.424. The van der Waals surface area contributed by atoms with Crippen LogP contribution in [-0.2, 0) is 11.2 Å². The van der Waals surface area contributed by atoms with Crippen LogP contribution in [0.5, 0.6) is 5.75 Å². The number of carbonyl (C=O) groups is 1. The summed E-state index contributed by atoms with van der Waals surface area (Å²) < 4.78 is 6.92. The van der Waals surface area contributed by atoms with Gasteiger partial charge in [0, 0.05) is 23.9 Å². The number of amides is 1. The molecule has 0 radical (unpaired) electrons. The SMILES string of the molecule is COc1cccc(-n2c(SCC(=O)Nc3c(C)cc(C)cc3C)nc3c(c2=O)SCC3)c1. The van der Waals surface area contributed by atoms with Crippen LogP contribution in [0.4, 0.5) is 5.69 Å². The van der Waals surface area contributed by atoms with Crippen LogP contribution in [-0.4, -0.2) is 34.1 Å². The van der Waals surface area contributed by atoms with Crippen molar-refractivity contribution in [1.82, 2.24) is 9.55 Å². The molecule has 32 heavy (non-hydrogen) atoms. The number of nitrogens with zero attached hydrogens (tertiary/aromatic N) is 2. The van der Waals surface area contributed by atoms with Crippen molar-refractivity contribution >= 4 is 35.1 Å². The van der Waals surface area contributed by atoms with Crippen molar-refractivity contribution in [3.05, 3.63) is 69.1 Å². The summed E-state index contributed by atoms with van der Waals surface area (Å²) in [5.41, 5.74) is 5.44. The number of hydrogen-bond donors (Lipinski definition) is 1. The first-order chi connectivity index (χ1) is 15.4. The molecule has 0 fully saturated rings. The van der Waals surface area contributed by atoms with Crippen molar-refractivity contribution in [1.29, 1.82) is 0 Å². The number of carbonyl (C=O) groups excluding carboxylic acids is 1. The van der Waals surface area contributed by atoms with Gasteiger partial charge < -0.3 is 10.1 Å². The number of anilines is 1. The Bertz CT molecular complexity index is 1230. The van der Waals surface area contributed by atoms with Gasteiger partial charge in [0.05, 0.1) is 29.1 Å². The molecule has 0 atom stereocenters. The number of aryl methyl sites for hydroxylation is 4. The van der Waals surface area contributed by atoms with Gasteiger partial charge in [0.1, 0.15) is 5.75 Å². The first-order valence-electron chi connectivity index (χ1n) is 10.3. The average molecular weight is 468 g/mol. The number of fused-ring (bicyclic) bond motifs is 1. The lowest BCUT2D eigenvalue weighted by atomic mass is 10.1. The fraction of sp³-hybridized carbons (Fsp3) is 0.292. The first-order valence-corrected chi connectivity index (χ1v) is 12.3. The molecule has 0 saturated heterocycles. The Morgan fingerprint density at radius 2 is 1.97 bits per heavy atom. The van der Waals surface area contributed by atoms with E-state index in [1.165, 1.54) is 23.5 Å². The molecule has 0 saturated carbocycles. The largest absolute Gasteiger partial charge is 0.497 e. The highest BCUT2D eigenvalue weighted by molar-refractivity contribution is 8.00. The summed E-state index contributed by atoms with van der Waals surface area (Å²) in [5.74, 6) is 1.51. The summed E-state index contributed by atoms with van der Waals surface area (Å²) in [4.78, 5) is 31.5. The van der Waals surface area contributed by atoms with Crippen LogP contribution < -0.4 is 15.6 Å². The first kappa shape index (κ1) is 22.5. The van der Waals surface area contributed by atoms with E-state index in [2.05, 4.69) is 17.4 Å². The number of ether oxygens (including phenoxy) is 1. The lowest BCUT2D eigenvalue weighted by Crippen LogP contribution is -2.24. The number of nitrogens with one attached hydrogen (secondary N) is 1. The van der Waals surface area contributed by atoms with Crippen molar-refractivity contribution in [2.75, 3.05) is 23.9 Å². The molecule has 0 aliphatic carbocycles. The van der Waals surface area contributed by atoms with E-state index >= 15 is 0 Å². The van der Waals surface area contributed by atoms with Crippen molar-refractivity contribution in [2.45, 2.75) is 37.2 Å². The van der Waals surface area contributed by atoms with Crippen LogP contribution in [0.1, 0.15) is 22.4 Å². The zero-order chi connectivity index (χ0) is 22.8. The summed E-state index contributed by atoms with van der Waals surface area (Å²) in [6.07, 6.45) is 0.760. The molecule has 6 nitrogen and oxygen atoms in total. The van der Waals surface area contributed by atoms with Gasteiger partial charge in [-0.25, -0.2) is 4.98 Å². The lowest BCUT2D eigenvalue weighted by Gasteiger charge is -2.15. The van der Waals surface area contributed by atoms with E-state index in [0.717, 1.165) is 40.2 Å². The standard InChI is InChI=1S/C24H25N3O3S2/c1-14-10-15(2)21(16(3)11-14)26-20(28)13-32-24-25-19-8-9-31-22(19)23(29)27(24)17-6-5-7-18(12-17)30-4/h5-7,10-12H,8-9,13H2,1-4H3,(H,26,28). The molecule has 166 valence electrons. The highest BCUT2D eigenvalue weighted by Gasteiger charge is 2.23. The van der Waals surface area contributed by atoms with E-state index in [9.17, 15) is 9.59 Å². The van der Waals surface area contributed by atoms with Crippen molar-refractivity contribution in [3.8, 4) is 11.4 Å². The van der Waals surface area contributed by atoms with Crippen LogP contribution in [0.15, 0.2) is 51.2 Å². The Kier molecular flexibility index (Phi) is 6.62. The molecule has 2 aromatic carbocycles. The Balaban J connectivity index is 1.63. The number of hydrogen-bond acceptors (Lipinski definition) is 6. The fourth-order valence-corrected chi connectivity index (χ4v) is 5.70. The third-order valence-corrected chi connectivity index (χ3v) is 7.30. The highest BCUT2D eigenvalue weighted by Crippen LogP contribution is 2.31.